The lowest BCUT2D eigenvalue weighted by Gasteiger charge is -2.23. The molecule has 1 aromatic carbocycles. The predicted molar refractivity (Wildman–Crippen MR) is 103 cm³/mol. The molecule has 150 valence electrons. The number of aliphatic imine (C=N–C) groups is 1. The third-order valence-corrected chi connectivity index (χ3v) is 3.87. The first-order valence-electron chi connectivity index (χ1n) is 9.10. The molecule has 0 spiro atoms. The molecule has 1 atom stereocenters. The number of hydrogen-bond donors (Lipinski definition) is 2. The zero-order valence-electron chi connectivity index (χ0n) is 16.4. The van der Waals surface area contributed by atoms with E-state index in [1.54, 1.807) is 19.2 Å². The number of rotatable bonds is 5. The maximum absolute atomic E-state index is 13.1. The molecule has 1 amide bonds. The van der Waals surface area contributed by atoms with E-state index < -0.39 is 11.7 Å². The van der Waals surface area contributed by atoms with Crippen molar-refractivity contribution in [2.45, 2.75) is 38.8 Å². The van der Waals surface area contributed by atoms with Crippen LogP contribution in [-0.2, 0) is 4.74 Å². The fourth-order valence-corrected chi connectivity index (χ4v) is 2.77. The predicted octanol–water partition coefficient (Wildman–Crippen LogP) is 2.38. The molecule has 7 nitrogen and oxygen atoms in total. The SMILES string of the molecule is CN=C(NCCOc1cccc(F)c1)N1CCC(NC(=O)OC(C)(C)C)C1. The first-order valence-corrected chi connectivity index (χ1v) is 9.10. The molecule has 1 aromatic rings. The van der Waals surface area contributed by atoms with E-state index in [2.05, 4.69) is 20.5 Å². The smallest absolute Gasteiger partial charge is 0.407 e. The summed E-state index contributed by atoms with van der Waals surface area (Å²) in [4.78, 5) is 18.2. The van der Waals surface area contributed by atoms with E-state index in [0.717, 1.165) is 18.9 Å². The van der Waals surface area contributed by atoms with Gasteiger partial charge in [0.1, 0.15) is 23.8 Å². The molecule has 27 heavy (non-hydrogen) atoms. The van der Waals surface area contributed by atoms with E-state index in [1.165, 1.54) is 12.1 Å². The minimum atomic E-state index is -0.512. The number of alkyl carbamates (subject to hydrolysis) is 1. The quantitative estimate of drug-likeness (QED) is 0.466. The molecule has 1 fully saturated rings. The Morgan fingerprint density at radius 3 is 2.85 bits per heavy atom. The van der Waals surface area contributed by atoms with Crippen LogP contribution in [-0.4, -0.2) is 61.9 Å². The number of likely N-dealkylation sites (tertiary alicyclic amines) is 1. The molecule has 0 aromatic heterocycles. The van der Waals surface area contributed by atoms with E-state index in [0.29, 0.717) is 25.4 Å². The fourth-order valence-electron chi connectivity index (χ4n) is 2.77. The normalized spacial score (nSPS) is 17.6. The Bertz CT molecular complexity index is 661. The third-order valence-electron chi connectivity index (χ3n) is 3.87. The summed E-state index contributed by atoms with van der Waals surface area (Å²) in [6.07, 6.45) is 0.417. The Labute approximate surface area is 159 Å². The zero-order valence-corrected chi connectivity index (χ0v) is 16.4. The van der Waals surface area contributed by atoms with E-state index in [1.807, 2.05) is 20.8 Å². The van der Waals surface area contributed by atoms with Gasteiger partial charge >= 0.3 is 6.09 Å². The number of halogens is 1. The number of guanidine groups is 1. The number of hydrogen-bond acceptors (Lipinski definition) is 4. The van der Waals surface area contributed by atoms with Gasteiger partial charge in [-0.3, -0.25) is 4.99 Å². The summed E-state index contributed by atoms with van der Waals surface area (Å²) in [5.74, 6) is 0.915. The topological polar surface area (TPSA) is 75.2 Å². The van der Waals surface area contributed by atoms with Gasteiger partial charge in [0.15, 0.2) is 5.96 Å². The Balaban J connectivity index is 1.72. The van der Waals surface area contributed by atoms with Gasteiger partial charge in [-0.2, -0.15) is 0 Å². The van der Waals surface area contributed by atoms with Crippen LogP contribution in [0, 0.1) is 5.82 Å². The van der Waals surface area contributed by atoms with Gasteiger partial charge in [-0.25, -0.2) is 9.18 Å². The number of ether oxygens (including phenoxy) is 2. The molecule has 0 aliphatic carbocycles. The van der Waals surface area contributed by atoms with Gasteiger partial charge in [-0.15, -0.1) is 0 Å². The molecular weight excluding hydrogens is 351 g/mol. The minimum absolute atomic E-state index is 0.0157. The van der Waals surface area contributed by atoms with Crippen molar-refractivity contribution >= 4 is 12.1 Å². The Kier molecular flexibility index (Phi) is 7.27. The van der Waals surface area contributed by atoms with E-state index in [9.17, 15) is 9.18 Å². The zero-order chi connectivity index (χ0) is 19.9. The highest BCUT2D eigenvalue weighted by Crippen LogP contribution is 2.13. The highest BCUT2D eigenvalue weighted by molar-refractivity contribution is 5.80. The van der Waals surface area contributed by atoms with Crippen LogP contribution in [0.2, 0.25) is 0 Å². The van der Waals surface area contributed by atoms with Crippen molar-refractivity contribution in [2.24, 2.45) is 4.99 Å². The molecule has 0 radical (unpaired) electrons. The molecule has 1 aliphatic rings. The van der Waals surface area contributed by atoms with Gasteiger partial charge in [0.25, 0.3) is 0 Å². The number of amides is 1. The Morgan fingerprint density at radius 2 is 2.19 bits per heavy atom. The molecule has 1 aliphatic heterocycles. The summed E-state index contributed by atoms with van der Waals surface area (Å²) in [5, 5.41) is 6.11. The van der Waals surface area contributed by atoms with Gasteiger partial charge in [-0.05, 0) is 39.3 Å². The second-order valence-electron chi connectivity index (χ2n) is 7.36. The van der Waals surface area contributed by atoms with Gasteiger partial charge in [0, 0.05) is 26.2 Å². The number of nitrogens with zero attached hydrogens (tertiary/aromatic N) is 2. The van der Waals surface area contributed by atoms with Gasteiger partial charge < -0.3 is 25.0 Å². The first kappa shape index (κ1) is 20.8. The second kappa shape index (κ2) is 9.43. The lowest BCUT2D eigenvalue weighted by atomic mass is 10.2. The first-order chi connectivity index (χ1) is 12.8. The van der Waals surface area contributed by atoms with Crippen LogP contribution in [0.3, 0.4) is 0 Å². The summed E-state index contributed by atoms with van der Waals surface area (Å²) in [6, 6.07) is 6.07. The lowest BCUT2D eigenvalue weighted by molar-refractivity contribution is 0.0507. The molecule has 8 heteroatoms. The fraction of sp³-hybridized carbons (Fsp3) is 0.579. The van der Waals surface area contributed by atoms with Crippen molar-refractivity contribution in [2.75, 3.05) is 33.3 Å². The number of benzene rings is 1. The van der Waals surface area contributed by atoms with E-state index >= 15 is 0 Å². The van der Waals surface area contributed by atoms with Crippen molar-refractivity contribution < 1.29 is 18.7 Å². The molecule has 1 heterocycles. The summed E-state index contributed by atoms with van der Waals surface area (Å²) in [6.45, 7) is 7.87. The van der Waals surface area contributed by atoms with Crippen LogP contribution in [0.25, 0.3) is 0 Å². The van der Waals surface area contributed by atoms with Crippen molar-refractivity contribution in [1.82, 2.24) is 15.5 Å². The summed E-state index contributed by atoms with van der Waals surface area (Å²) in [5.41, 5.74) is -0.512. The maximum atomic E-state index is 13.1. The van der Waals surface area contributed by atoms with Crippen LogP contribution in [0.5, 0.6) is 5.75 Å². The number of carbonyl (C=O) groups excluding carboxylic acids is 1. The number of nitrogens with one attached hydrogen (secondary N) is 2. The van der Waals surface area contributed by atoms with Crippen LogP contribution in [0.4, 0.5) is 9.18 Å². The highest BCUT2D eigenvalue weighted by atomic mass is 19.1. The van der Waals surface area contributed by atoms with Crippen molar-refractivity contribution in [3.63, 3.8) is 0 Å². The molecule has 2 N–H and O–H groups in total. The van der Waals surface area contributed by atoms with E-state index in [-0.39, 0.29) is 11.9 Å². The van der Waals surface area contributed by atoms with Gasteiger partial charge in [0.05, 0.1) is 12.6 Å². The lowest BCUT2D eigenvalue weighted by Crippen LogP contribution is -2.44. The summed E-state index contributed by atoms with van der Waals surface area (Å²) >= 11 is 0. The van der Waals surface area contributed by atoms with Crippen LogP contribution < -0.4 is 15.4 Å². The second-order valence-corrected chi connectivity index (χ2v) is 7.36. The average Bonchev–Trinajstić information content (AvgIpc) is 3.01. The third kappa shape index (κ3) is 7.32. The van der Waals surface area contributed by atoms with Crippen LogP contribution >= 0.6 is 0 Å². The van der Waals surface area contributed by atoms with Crippen molar-refractivity contribution in [3.05, 3.63) is 30.1 Å². The van der Waals surface area contributed by atoms with Crippen LogP contribution in [0.1, 0.15) is 27.2 Å². The van der Waals surface area contributed by atoms with Gasteiger partial charge in [0.2, 0.25) is 0 Å². The molecule has 2 rings (SSSR count). The summed E-state index contributed by atoms with van der Waals surface area (Å²) < 4.78 is 23.9. The van der Waals surface area contributed by atoms with E-state index in [4.69, 9.17) is 9.47 Å². The standard InChI is InChI=1S/C19H29FN4O3/c1-19(2,3)27-18(25)23-15-8-10-24(13-15)17(21-4)22-9-11-26-16-7-5-6-14(20)12-16/h5-7,12,15H,8-11,13H2,1-4H3,(H,21,22)(H,23,25). The molecule has 1 saturated heterocycles. The van der Waals surface area contributed by atoms with Crippen molar-refractivity contribution in [3.8, 4) is 5.75 Å². The molecule has 0 bridgehead atoms. The average molecular weight is 380 g/mol. The molecule has 1 unspecified atom stereocenters. The van der Waals surface area contributed by atoms with Crippen molar-refractivity contribution in [1.29, 1.82) is 0 Å². The number of carbonyl (C=O) groups is 1. The Morgan fingerprint density at radius 1 is 1.41 bits per heavy atom. The maximum Gasteiger partial charge on any atom is 0.407 e. The Hall–Kier alpha value is -2.51. The molecule has 0 saturated carbocycles. The monoisotopic (exact) mass is 380 g/mol. The van der Waals surface area contributed by atoms with Gasteiger partial charge in [-0.1, -0.05) is 6.07 Å². The highest BCUT2D eigenvalue weighted by Gasteiger charge is 2.27. The largest absolute Gasteiger partial charge is 0.492 e. The van der Waals surface area contributed by atoms with Crippen LogP contribution in [0.15, 0.2) is 29.3 Å². The summed E-state index contributed by atoms with van der Waals surface area (Å²) in [7, 11) is 1.71. The molecular formula is C19H29FN4O3. The minimum Gasteiger partial charge on any atom is -0.492 e.